The lowest BCUT2D eigenvalue weighted by atomic mass is 10.1. The van der Waals surface area contributed by atoms with Crippen molar-refractivity contribution in [3.8, 4) is 0 Å². The second-order valence-corrected chi connectivity index (χ2v) is 6.86. The number of aliphatic hydroxyl groups is 1. The molecule has 4 rings (SSSR count). The minimum Gasteiger partial charge on any atom is -0.385 e. The molecule has 1 aliphatic rings. The Bertz CT molecular complexity index is 959. The van der Waals surface area contributed by atoms with Crippen molar-refractivity contribution in [2.45, 2.75) is 45.9 Å². The molecule has 1 aliphatic heterocycles. The van der Waals surface area contributed by atoms with E-state index in [4.69, 9.17) is 0 Å². The maximum Gasteiger partial charge on any atom is 0.253 e. The number of amides is 1. The van der Waals surface area contributed by atoms with Crippen molar-refractivity contribution < 1.29 is 9.90 Å². The number of carbonyl (C=O) groups excluding carboxylic acids is 1. The number of aliphatic hydroxyl groups excluding tert-OH is 1. The van der Waals surface area contributed by atoms with Crippen molar-refractivity contribution in [3.05, 3.63) is 41.4 Å². The highest BCUT2D eigenvalue weighted by Gasteiger charge is 2.20. The average Bonchev–Trinajstić information content (AvgIpc) is 3.34. The normalized spacial score (nSPS) is 14.8. The molecular formula is C17H21N7O2. The van der Waals surface area contributed by atoms with Gasteiger partial charge >= 0.3 is 0 Å². The Morgan fingerprint density at radius 1 is 1.27 bits per heavy atom. The van der Waals surface area contributed by atoms with E-state index in [-0.39, 0.29) is 11.8 Å². The summed E-state index contributed by atoms with van der Waals surface area (Å²) in [4.78, 5) is 12.5. The van der Waals surface area contributed by atoms with Gasteiger partial charge in [0.2, 0.25) is 0 Å². The van der Waals surface area contributed by atoms with E-state index in [9.17, 15) is 9.90 Å². The molecule has 1 unspecified atom stereocenters. The standard InChI is InChI=1S/C17H21N7O2/c1-10(2)15(25)16-22-20-13-6-5-11(9-24(13)16)17(26)18-8-14-21-19-12-4-3-7-23(12)14/h5-6,9-10,15,25H,3-4,7-8H2,1-2H3,(H,18,26). The van der Waals surface area contributed by atoms with Crippen LogP contribution in [0.5, 0.6) is 0 Å². The predicted octanol–water partition coefficient (Wildman–Crippen LogP) is 0.886. The molecule has 2 N–H and O–H groups in total. The number of aryl methyl sites for hydroxylation is 1. The maximum absolute atomic E-state index is 12.5. The van der Waals surface area contributed by atoms with Gasteiger partial charge in [0.15, 0.2) is 17.3 Å². The van der Waals surface area contributed by atoms with E-state index in [2.05, 4.69) is 30.3 Å². The summed E-state index contributed by atoms with van der Waals surface area (Å²) in [6.07, 6.45) is 2.91. The highest BCUT2D eigenvalue weighted by Crippen LogP contribution is 2.20. The molecule has 0 bridgehead atoms. The molecule has 1 amide bonds. The molecule has 0 saturated carbocycles. The van der Waals surface area contributed by atoms with Crippen molar-refractivity contribution in [1.82, 2.24) is 34.7 Å². The molecule has 0 aromatic carbocycles. The molecule has 0 fully saturated rings. The van der Waals surface area contributed by atoms with Gasteiger partial charge in [0, 0.05) is 19.2 Å². The number of hydrogen-bond donors (Lipinski definition) is 2. The fourth-order valence-corrected chi connectivity index (χ4v) is 3.15. The second-order valence-electron chi connectivity index (χ2n) is 6.86. The maximum atomic E-state index is 12.5. The minimum atomic E-state index is -0.748. The lowest BCUT2D eigenvalue weighted by Gasteiger charge is -2.12. The third-order valence-corrected chi connectivity index (χ3v) is 4.68. The van der Waals surface area contributed by atoms with Crippen molar-refractivity contribution in [3.63, 3.8) is 0 Å². The largest absolute Gasteiger partial charge is 0.385 e. The number of carbonyl (C=O) groups is 1. The van der Waals surface area contributed by atoms with Gasteiger partial charge in [-0.25, -0.2) is 0 Å². The number of nitrogens with one attached hydrogen (secondary N) is 1. The molecule has 0 aliphatic carbocycles. The van der Waals surface area contributed by atoms with Gasteiger partial charge in [0.05, 0.1) is 12.1 Å². The first-order chi connectivity index (χ1) is 12.5. The average molecular weight is 355 g/mol. The van der Waals surface area contributed by atoms with Crippen molar-refractivity contribution in [1.29, 1.82) is 0 Å². The molecular weight excluding hydrogens is 334 g/mol. The third kappa shape index (κ3) is 2.84. The van der Waals surface area contributed by atoms with Crippen LogP contribution in [0.2, 0.25) is 0 Å². The van der Waals surface area contributed by atoms with Crippen LogP contribution < -0.4 is 5.32 Å². The molecule has 0 spiro atoms. The van der Waals surface area contributed by atoms with Crippen LogP contribution >= 0.6 is 0 Å². The van der Waals surface area contributed by atoms with Crippen LogP contribution in [0.25, 0.3) is 5.65 Å². The Hall–Kier alpha value is -2.81. The van der Waals surface area contributed by atoms with Gasteiger partial charge in [0.1, 0.15) is 11.9 Å². The number of aromatic nitrogens is 6. The molecule has 1 atom stereocenters. The van der Waals surface area contributed by atoms with Gasteiger partial charge < -0.3 is 15.0 Å². The molecule has 136 valence electrons. The molecule has 9 nitrogen and oxygen atoms in total. The summed E-state index contributed by atoms with van der Waals surface area (Å²) in [5.41, 5.74) is 1.06. The van der Waals surface area contributed by atoms with Gasteiger partial charge in [-0.15, -0.1) is 20.4 Å². The highest BCUT2D eigenvalue weighted by molar-refractivity contribution is 5.94. The third-order valence-electron chi connectivity index (χ3n) is 4.68. The SMILES string of the molecule is CC(C)C(O)c1nnc2ccc(C(=O)NCc3nnc4n3CCC4)cn12. The van der Waals surface area contributed by atoms with Crippen LogP contribution in [-0.2, 0) is 19.5 Å². The van der Waals surface area contributed by atoms with Gasteiger partial charge in [-0.05, 0) is 24.5 Å². The molecule has 0 radical (unpaired) electrons. The van der Waals surface area contributed by atoms with Crippen molar-refractivity contribution in [2.24, 2.45) is 5.92 Å². The van der Waals surface area contributed by atoms with E-state index >= 15 is 0 Å². The first-order valence-corrected chi connectivity index (χ1v) is 8.76. The van der Waals surface area contributed by atoms with Crippen LogP contribution in [0.1, 0.15) is 54.2 Å². The summed E-state index contributed by atoms with van der Waals surface area (Å²) in [6.45, 7) is 5.03. The summed E-state index contributed by atoms with van der Waals surface area (Å²) in [5.74, 6) is 1.95. The second kappa shape index (κ2) is 6.49. The Morgan fingerprint density at radius 3 is 2.92 bits per heavy atom. The molecule has 0 saturated heterocycles. The number of pyridine rings is 1. The Labute approximate surface area is 150 Å². The summed E-state index contributed by atoms with van der Waals surface area (Å²) < 4.78 is 3.72. The van der Waals surface area contributed by atoms with Crippen molar-refractivity contribution >= 4 is 11.6 Å². The van der Waals surface area contributed by atoms with E-state index in [1.54, 1.807) is 22.7 Å². The Balaban J connectivity index is 1.54. The number of nitrogens with zero attached hydrogens (tertiary/aromatic N) is 6. The van der Waals surface area contributed by atoms with E-state index < -0.39 is 6.10 Å². The number of hydrogen-bond acceptors (Lipinski definition) is 6. The Kier molecular flexibility index (Phi) is 4.15. The van der Waals surface area contributed by atoms with Crippen molar-refractivity contribution in [2.75, 3.05) is 0 Å². The minimum absolute atomic E-state index is 0.00471. The molecule has 9 heteroatoms. The van der Waals surface area contributed by atoms with Gasteiger partial charge in [-0.1, -0.05) is 13.8 Å². The van der Waals surface area contributed by atoms with Gasteiger partial charge in [-0.2, -0.15) is 0 Å². The van der Waals surface area contributed by atoms with Crippen LogP contribution in [0.3, 0.4) is 0 Å². The van der Waals surface area contributed by atoms with E-state index in [1.807, 2.05) is 13.8 Å². The molecule has 4 heterocycles. The first-order valence-electron chi connectivity index (χ1n) is 8.76. The quantitative estimate of drug-likeness (QED) is 0.703. The predicted molar refractivity (Wildman–Crippen MR) is 92.3 cm³/mol. The highest BCUT2D eigenvalue weighted by atomic mass is 16.3. The zero-order valence-corrected chi connectivity index (χ0v) is 14.8. The topological polar surface area (TPSA) is 110 Å². The zero-order valence-electron chi connectivity index (χ0n) is 14.8. The van der Waals surface area contributed by atoms with Crippen LogP contribution in [0.4, 0.5) is 0 Å². The fraction of sp³-hybridized carbons (Fsp3) is 0.471. The van der Waals surface area contributed by atoms with Gasteiger partial charge in [0.25, 0.3) is 5.91 Å². The monoisotopic (exact) mass is 355 g/mol. The first kappa shape index (κ1) is 16.6. The zero-order chi connectivity index (χ0) is 18.3. The summed E-state index contributed by atoms with van der Waals surface area (Å²) in [5, 5.41) is 29.6. The number of rotatable bonds is 5. The molecule has 26 heavy (non-hydrogen) atoms. The van der Waals surface area contributed by atoms with E-state index in [0.717, 1.165) is 31.0 Å². The Morgan fingerprint density at radius 2 is 2.12 bits per heavy atom. The summed E-state index contributed by atoms with van der Waals surface area (Å²) in [6, 6.07) is 3.41. The number of fused-ring (bicyclic) bond motifs is 2. The van der Waals surface area contributed by atoms with E-state index in [0.29, 0.717) is 23.6 Å². The summed E-state index contributed by atoms with van der Waals surface area (Å²) in [7, 11) is 0. The van der Waals surface area contributed by atoms with Crippen LogP contribution in [-0.4, -0.2) is 40.4 Å². The van der Waals surface area contributed by atoms with Crippen LogP contribution in [0.15, 0.2) is 18.3 Å². The smallest absolute Gasteiger partial charge is 0.253 e. The van der Waals surface area contributed by atoms with Gasteiger partial charge in [-0.3, -0.25) is 9.20 Å². The summed E-state index contributed by atoms with van der Waals surface area (Å²) >= 11 is 0. The fourth-order valence-electron chi connectivity index (χ4n) is 3.15. The molecule has 3 aromatic heterocycles. The van der Waals surface area contributed by atoms with E-state index in [1.165, 1.54) is 0 Å². The molecule has 3 aromatic rings. The lowest BCUT2D eigenvalue weighted by Crippen LogP contribution is -2.25. The van der Waals surface area contributed by atoms with Crippen LogP contribution in [0, 0.1) is 5.92 Å². The lowest BCUT2D eigenvalue weighted by molar-refractivity contribution is 0.0948.